The van der Waals surface area contributed by atoms with Gasteiger partial charge in [0, 0.05) is 42.2 Å². The Kier molecular flexibility index (Phi) is 6.66. The van der Waals surface area contributed by atoms with Crippen molar-refractivity contribution in [3.05, 3.63) is 64.8 Å². The lowest BCUT2D eigenvalue weighted by Crippen LogP contribution is -2.24. The fourth-order valence-electron chi connectivity index (χ4n) is 3.47. The summed E-state index contributed by atoms with van der Waals surface area (Å²) in [5.41, 5.74) is -3.52. The Morgan fingerprint density at radius 1 is 1.14 bits per heavy atom. The highest BCUT2D eigenvalue weighted by molar-refractivity contribution is 6.20. The van der Waals surface area contributed by atoms with E-state index in [0.29, 0.717) is 0 Å². The molecule has 0 saturated carbocycles. The van der Waals surface area contributed by atoms with Crippen LogP contribution >= 0.6 is 11.6 Å². The first-order valence-corrected chi connectivity index (χ1v) is 10.6. The molecule has 3 heterocycles. The molecule has 1 saturated heterocycles. The summed E-state index contributed by atoms with van der Waals surface area (Å²) >= 11 is 4.73. The molecule has 1 N–H and O–H groups in total. The lowest BCUT2D eigenvalue weighted by atomic mass is 10.1. The van der Waals surface area contributed by atoms with Gasteiger partial charge in [-0.2, -0.15) is 0 Å². The number of aryl methyl sites for hydroxylation is 1. The molecule has 0 bridgehead atoms. The van der Waals surface area contributed by atoms with Gasteiger partial charge in [0.05, 0.1) is 30.7 Å². The zero-order chi connectivity index (χ0) is 25.3. The van der Waals surface area contributed by atoms with Gasteiger partial charge in [-0.3, -0.25) is 9.59 Å². The molecule has 4 rings (SSSR count). The third kappa shape index (κ3) is 5.70. The minimum absolute atomic E-state index is 0.0617. The third-order valence-corrected chi connectivity index (χ3v) is 5.29. The molecular formula is C22H18ClF4N5O3. The summed E-state index contributed by atoms with van der Waals surface area (Å²) in [7, 11) is 1.51. The van der Waals surface area contributed by atoms with Crippen molar-refractivity contribution in [1.82, 2.24) is 14.5 Å². The number of nitrogens with one attached hydrogen (secondary N) is 1. The second-order valence-electron chi connectivity index (χ2n) is 7.78. The number of carbonyl (C=O) groups excluding carboxylic acids is 1. The molecule has 0 spiro atoms. The molecule has 1 aliphatic heterocycles. The zero-order valence-corrected chi connectivity index (χ0v) is 18.8. The van der Waals surface area contributed by atoms with Crippen LogP contribution in [0.1, 0.15) is 10.4 Å². The number of benzene rings is 1. The SMILES string of the molecule is Cn1cnc(-c2cc(C(=O)Nc3ccc(OC(F)(F)Cl)cc3)cnc2N2C[C@@H](F)[C@H](F)C2)cc1=O. The predicted molar refractivity (Wildman–Crippen MR) is 121 cm³/mol. The lowest BCUT2D eigenvalue weighted by Gasteiger charge is -2.20. The minimum Gasteiger partial charge on any atom is -0.420 e. The van der Waals surface area contributed by atoms with Crippen molar-refractivity contribution in [3.63, 3.8) is 0 Å². The van der Waals surface area contributed by atoms with Crippen LogP contribution in [0.4, 0.5) is 29.1 Å². The van der Waals surface area contributed by atoms with E-state index in [-0.39, 0.29) is 52.7 Å². The molecule has 184 valence electrons. The number of halogens is 5. The first-order chi connectivity index (χ1) is 16.5. The molecule has 2 aromatic heterocycles. The number of alkyl halides is 5. The van der Waals surface area contributed by atoms with Gasteiger partial charge in [0.15, 0.2) is 12.3 Å². The summed E-state index contributed by atoms with van der Waals surface area (Å²) < 4.78 is 58.6. The van der Waals surface area contributed by atoms with Gasteiger partial charge in [-0.15, -0.1) is 8.78 Å². The largest absolute Gasteiger partial charge is 0.487 e. The Morgan fingerprint density at radius 3 is 2.40 bits per heavy atom. The van der Waals surface area contributed by atoms with Crippen LogP contribution in [0, 0.1) is 0 Å². The summed E-state index contributed by atoms with van der Waals surface area (Å²) in [6.45, 7) is -0.485. The molecule has 1 aliphatic rings. The van der Waals surface area contributed by atoms with Gasteiger partial charge in [-0.1, -0.05) is 0 Å². The number of pyridine rings is 1. The maximum Gasteiger partial charge on any atom is 0.487 e. The van der Waals surface area contributed by atoms with Crippen molar-refractivity contribution in [1.29, 1.82) is 0 Å². The number of ether oxygens (including phenoxy) is 1. The summed E-state index contributed by atoms with van der Waals surface area (Å²) in [5, 5.41) is 2.58. The van der Waals surface area contributed by atoms with Crippen molar-refractivity contribution in [2.75, 3.05) is 23.3 Å². The van der Waals surface area contributed by atoms with Crippen molar-refractivity contribution < 1.29 is 27.1 Å². The Labute approximate surface area is 201 Å². The molecule has 8 nitrogen and oxygen atoms in total. The number of aromatic nitrogens is 3. The van der Waals surface area contributed by atoms with Crippen LogP contribution in [0.25, 0.3) is 11.3 Å². The van der Waals surface area contributed by atoms with Gasteiger partial charge in [-0.25, -0.2) is 18.7 Å². The van der Waals surface area contributed by atoms with Crippen LogP contribution in [0.15, 0.2) is 53.7 Å². The third-order valence-electron chi connectivity index (χ3n) is 5.21. The van der Waals surface area contributed by atoms with Crippen molar-refractivity contribution in [3.8, 4) is 17.0 Å². The number of nitrogens with zero attached hydrogens (tertiary/aromatic N) is 4. The van der Waals surface area contributed by atoms with E-state index in [4.69, 9.17) is 11.6 Å². The van der Waals surface area contributed by atoms with Crippen molar-refractivity contribution >= 4 is 29.0 Å². The molecule has 35 heavy (non-hydrogen) atoms. The number of carbonyl (C=O) groups is 1. The quantitative estimate of drug-likeness (QED) is 0.400. The first-order valence-electron chi connectivity index (χ1n) is 10.2. The van der Waals surface area contributed by atoms with E-state index in [2.05, 4.69) is 20.0 Å². The predicted octanol–water partition coefficient (Wildman–Crippen LogP) is 3.76. The Hall–Kier alpha value is -3.67. The van der Waals surface area contributed by atoms with E-state index in [1.165, 1.54) is 65.4 Å². The van der Waals surface area contributed by atoms with E-state index in [1.54, 1.807) is 0 Å². The van der Waals surface area contributed by atoms with Gasteiger partial charge in [-0.05, 0) is 30.3 Å². The molecule has 2 atom stereocenters. The van der Waals surface area contributed by atoms with Gasteiger partial charge in [0.1, 0.15) is 11.6 Å². The number of rotatable bonds is 6. The van der Waals surface area contributed by atoms with Crippen LogP contribution in [0.5, 0.6) is 5.75 Å². The van der Waals surface area contributed by atoms with Crippen LogP contribution in [0.3, 0.4) is 0 Å². The van der Waals surface area contributed by atoms with Crippen molar-refractivity contribution in [2.45, 2.75) is 17.9 Å². The number of hydrogen-bond donors (Lipinski definition) is 1. The number of hydrogen-bond acceptors (Lipinski definition) is 6. The smallest absolute Gasteiger partial charge is 0.420 e. The van der Waals surface area contributed by atoms with Crippen LogP contribution in [0.2, 0.25) is 0 Å². The van der Waals surface area contributed by atoms with E-state index >= 15 is 0 Å². The fraction of sp³-hybridized carbons (Fsp3) is 0.273. The molecule has 1 fully saturated rings. The molecular weight excluding hydrogens is 494 g/mol. The minimum atomic E-state index is -3.87. The fourth-order valence-corrected chi connectivity index (χ4v) is 3.56. The average molecular weight is 512 g/mol. The Morgan fingerprint density at radius 2 is 1.80 bits per heavy atom. The molecule has 0 radical (unpaired) electrons. The molecule has 0 aliphatic carbocycles. The number of anilines is 2. The van der Waals surface area contributed by atoms with Crippen LogP contribution in [-0.4, -0.2) is 51.4 Å². The standard InChI is InChI=1S/C22H18ClF4N5O3/c1-31-11-29-18(7-19(31)33)15-6-12(8-28-20(15)32-9-16(24)17(25)10-32)21(34)30-13-2-4-14(5-3-13)35-22(23,26)27/h2-8,11,16-17H,9-10H2,1H3,(H,30,34)/t16-,17-/m1/s1. The Balaban J connectivity index is 1.63. The maximum atomic E-state index is 13.8. The number of amides is 1. The zero-order valence-electron chi connectivity index (χ0n) is 18.1. The van der Waals surface area contributed by atoms with Crippen LogP contribution in [-0.2, 0) is 7.05 Å². The summed E-state index contributed by atoms with van der Waals surface area (Å²) in [5.74, 6) is -0.650. The molecule has 13 heteroatoms. The highest BCUT2D eigenvalue weighted by atomic mass is 35.5. The summed E-state index contributed by atoms with van der Waals surface area (Å²) in [4.78, 5) is 34.8. The molecule has 1 amide bonds. The van der Waals surface area contributed by atoms with Crippen LogP contribution < -0.4 is 20.5 Å². The highest BCUT2D eigenvalue weighted by Crippen LogP contribution is 2.32. The summed E-state index contributed by atoms with van der Waals surface area (Å²) in [6, 6.07) is 7.67. The van der Waals surface area contributed by atoms with Gasteiger partial charge < -0.3 is 19.5 Å². The second-order valence-corrected chi connectivity index (χ2v) is 8.22. The molecule has 3 aromatic rings. The highest BCUT2D eigenvalue weighted by Gasteiger charge is 2.35. The van der Waals surface area contributed by atoms with E-state index in [9.17, 15) is 27.2 Å². The summed E-state index contributed by atoms with van der Waals surface area (Å²) in [6.07, 6.45) is -0.897. The first kappa shape index (κ1) is 24.5. The van der Waals surface area contributed by atoms with E-state index in [1.807, 2.05) is 0 Å². The Bertz CT molecular complexity index is 1290. The monoisotopic (exact) mass is 511 g/mol. The normalized spacial score (nSPS) is 17.9. The second kappa shape index (κ2) is 9.53. The maximum absolute atomic E-state index is 13.8. The molecule has 1 aromatic carbocycles. The van der Waals surface area contributed by atoms with E-state index < -0.39 is 23.8 Å². The van der Waals surface area contributed by atoms with Gasteiger partial charge >= 0.3 is 5.57 Å². The lowest BCUT2D eigenvalue weighted by molar-refractivity contribution is -0.0964. The van der Waals surface area contributed by atoms with Gasteiger partial charge in [0.2, 0.25) is 0 Å². The molecule has 0 unspecified atom stereocenters. The average Bonchev–Trinajstić information content (AvgIpc) is 3.13. The van der Waals surface area contributed by atoms with Gasteiger partial charge in [0.25, 0.3) is 11.5 Å². The van der Waals surface area contributed by atoms with Crippen molar-refractivity contribution in [2.24, 2.45) is 7.05 Å². The van der Waals surface area contributed by atoms with E-state index in [0.717, 1.165) is 0 Å². The topological polar surface area (TPSA) is 89.3 Å².